The van der Waals surface area contributed by atoms with Crippen molar-refractivity contribution in [3.05, 3.63) is 101 Å². The summed E-state index contributed by atoms with van der Waals surface area (Å²) < 4.78 is 0. The molecule has 0 saturated carbocycles. The summed E-state index contributed by atoms with van der Waals surface area (Å²) in [5.74, 6) is 0.0787. The fourth-order valence-corrected chi connectivity index (χ4v) is 4.51. The Hall–Kier alpha value is -2.87. The van der Waals surface area contributed by atoms with E-state index in [-0.39, 0.29) is 22.7 Å². The molecule has 0 fully saturated rings. The summed E-state index contributed by atoms with van der Waals surface area (Å²) in [4.78, 5) is 15.7. The topological polar surface area (TPSA) is 20.3 Å². The van der Waals surface area contributed by atoms with Crippen molar-refractivity contribution in [2.24, 2.45) is 0 Å². The molecule has 1 heterocycles. The molecule has 0 saturated heterocycles. The lowest BCUT2D eigenvalue weighted by atomic mass is 9.79. The van der Waals surface area contributed by atoms with Crippen molar-refractivity contribution in [3.8, 4) is 0 Å². The van der Waals surface area contributed by atoms with Crippen molar-refractivity contribution in [1.29, 1.82) is 0 Å². The molecular formula is C30H35NO. The van der Waals surface area contributed by atoms with Crippen molar-refractivity contribution >= 4 is 11.6 Å². The number of anilines is 1. The predicted octanol–water partition coefficient (Wildman–Crippen LogP) is 7.15. The Morgan fingerprint density at radius 1 is 0.719 bits per heavy atom. The Balaban J connectivity index is 1.71. The van der Waals surface area contributed by atoms with Crippen LogP contribution in [0.25, 0.3) is 0 Å². The van der Waals surface area contributed by atoms with E-state index in [9.17, 15) is 4.79 Å². The number of fused-ring (bicyclic) bond motifs is 1. The molecule has 1 aliphatic rings. The van der Waals surface area contributed by atoms with Gasteiger partial charge in [0.2, 0.25) is 5.91 Å². The van der Waals surface area contributed by atoms with Crippen LogP contribution in [0.15, 0.2) is 72.8 Å². The SMILES string of the molecule is CC(C)(C)c1cc(CN2C(=O)C(Cc3ccccc3)c3ccccc32)cc(C(C)(C)C)c1. The molecule has 0 aliphatic carbocycles. The van der Waals surface area contributed by atoms with Crippen molar-refractivity contribution in [1.82, 2.24) is 0 Å². The Kier molecular flexibility index (Phi) is 5.75. The van der Waals surface area contributed by atoms with Crippen molar-refractivity contribution in [3.63, 3.8) is 0 Å². The molecular weight excluding hydrogens is 390 g/mol. The van der Waals surface area contributed by atoms with E-state index in [1.807, 2.05) is 35.2 Å². The number of benzene rings is 3. The highest BCUT2D eigenvalue weighted by atomic mass is 16.2. The molecule has 1 aliphatic heterocycles. The average molecular weight is 426 g/mol. The summed E-state index contributed by atoms with van der Waals surface area (Å²) in [6.07, 6.45) is 0.739. The summed E-state index contributed by atoms with van der Waals surface area (Å²) in [5, 5.41) is 0. The van der Waals surface area contributed by atoms with Crippen LogP contribution in [0.5, 0.6) is 0 Å². The van der Waals surface area contributed by atoms with Gasteiger partial charge in [0.15, 0.2) is 0 Å². The van der Waals surface area contributed by atoms with Gasteiger partial charge in [-0.15, -0.1) is 0 Å². The first-order chi connectivity index (χ1) is 15.0. The van der Waals surface area contributed by atoms with Crippen LogP contribution >= 0.6 is 0 Å². The third-order valence-corrected chi connectivity index (χ3v) is 6.52. The summed E-state index contributed by atoms with van der Waals surface area (Å²) in [5.41, 5.74) is 7.35. The van der Waals surface area contributed by atoms with Crippen LogP contribution in [0.1, 0.15) is 75.3 Å². The van der Waals surface area contributed by atoms with E-state index in [1.54, 1.807) is 0 Å². The summed E-state index contributed by atoms with van der Waals surface area (Å²) in [7, 11) is 0. The standard InChI is InChI=1S/C30H35NO/c1-29(2,3)23-16-22(17-24(19-23)30(4,5)6)20-31-27-15-11-10-14-25(27)26(28(31)32)18-21-12-8-7-9-13-21/h7-17,19,26H,18,20H2,1-6H3. The van der Waals surface area contributed by atoms with Crippen molar-refractivity contribution in [2.75, 3.05) is 4.90 Å². The lowest BCUT2D eigenvalue weighted by molar-refractivity contribution is -0.119. The molecule has 0 bridgehead atoms. The van der Waals surface area contributed by atoms with Crippen LogP contribution in [0.3, 0.4) is 0 Å². The number of hydrogen-bond acceptors (Lipinski definition) is 1. The molecule has 1 amide bonds. The minimum atomic E-state index is -0.124. The number of nitrogens with zero attached hydrogens (tertiary/aromatic N) is 1. The van der Waals surface area contributed by atoms with Gasteiger partial charge in [-0.1, -0.05) is 108 Å². The van der Waals surface area contributed by atoms with Gasteiger partial charge in [-0.2, -0.15) is 0 Å². The largest absolute Gasteiger partial charge is 0.307 e. The van der Waals surface area contributed by atoms with Crippen LogP contribution in [0, 0.1) is 0 Å². The molecule has 2 heteroatoms. The molecule has 32 heavy (non-hydrogen) atoms. The number of para-hydroxylation sites is 1. The van der Waals surface area contributed by atoms with E-state index in [0.29, 0.717) is 6.54 Å². The van der Waals surface area contributed by atoms with Crippen LogP contribution < -0.4 is 4.90 Å². The van der Waals surface area contributed by atoms with Gasteiger partial charge in [-0.05, 0) is 51.1 Å². The fraction of sp³-hybridized carbons (Fsp3) is 0.367. The Labute approximate surface area is 193 Å². The summed E-state index contributed by atoms with van der Waals surface area (Å²) >= 11 is 0. The Morgan fingerprint density at radius 2 is 1.28 bits per heavy atom. The van der Waals surface area contributed by atoms with E-state index >= 15 is 0 Å². The first-order valence-electron chi connectivity index (χ1n) is 11.6. The van der Waals surface area contributed by atoms with Crippen molar-refractivity contribution in [2.45, 2.75) is 71.3 Å². The highest BCUT2D eigenvalue weighted by Gasteiger charge is 2.37. The van der Waals surface area contributed by atoms with E-state index < -0.39 is 0 Å². The molecule has 0 aromatic heterocycles. The molecule has 0 N–H and O–H groups in total. The fourth-order valence-electron chi connectivity index (χ4n) is 4.51. The molecule has 3 aromatic rings. The monoisotopic (exact) mass is 425 g/mol. The zero-order valence-corrected chi connectivity index (χ0v) is 20.3. The van der Waals surface area contributed by atoms with Crippen LogP contribution in [0.2, 0.25) is 0 Å². The van der Waals surface area contributed by atoms with Gasteiger partial charge in [0.25, 0.3) is 0 Å². The van der Waals surface area contributed by atoms with Gasteiger partial charge in [0.05, 0.1) is 12.5 Å². The Bertz CT molecular complexity index is 1080. The molecule has 4 rings (SSSR count). The predicted molar refractivity (Wildman–Crippen MR) is 134 cm³/mol. The molecule has 3 aromatic carbocycles. The lowest BCUT2D eigenvalue weighted by Gasteiger charge is -2.27. The molecule has 1 unspecified atom stereocenters. The number of rotatable bonds is 4. The zero-order valence-electron chi connectivity index (χ0n) is 20.3. The third-order valence-electron chi connectivity index (χ3n) is 6.52. The minimum absolute atomic E-state index is 0.0543. The normalized spacial score (nSPS) is 16.4. The molecule has 166 valence electrons. The highest BCUT2D eigenvalue weighted by molar-refractivity contribution is 6.05. The van der Waals surface area contributed by atoms with Gasteiger partial charge in [-0.25, -0.2) is 0 Å². The first-order valence-corrected chi connectivity index (χ1v) is 11.6. The molecule has 0 spiro atoms. The maximum absolute atomic E-state index is 13.7. The number of carbonyl (C=O) groups excluding carboxylic acids is 1. The van der Waals surface area contributed by atoms with E-state index in [4.69, 9.17) is 0 Å². The number of hydrogen-bond donors (Lipinski definition) is 0. The zero-order chi connectivity index (χ0) is 23.1. The van der Waals surface area contributed by atoms with E-state index in [0.717, 1.165) is 17.7 Å². The summed E-state index contributed by atoms with van der Waals surface area (Å²) in [6.45, 7) is 14.1. The van der Waals surface area contributed by atoms with Crippen LogP contribution in [-0.2, 0) is 28.6 Å². The van der Waals surface area contributed by atoms with E-state index in [1.165, 1.54) is 22.3 Å². The lowest BCUT2D eigenvalue weighted by Crippen LogP contribution is -2.29. The van der Waals surface area contributed by atoms with Gasteiger partial charge in [0.1, 0.15) is 0 Å². The second-order valence-corrected chi connectivity index (χ2v) is 11.1. The Morgan fingerprint density at radius 3 is 1.88 bits per heavy atom. The number of amides is 1. The van der Waals surface area contributed by atoms with Crippen molar-refractivity contribution < 1.29 is 4.79 Å². The van der Waals surface area contributed by atoms with Gasteiger partial charge >= 0.3 is 0 Å². The maximum atomic E-state index is 13.7. The molecule has 0 radical (unpaired) electrons. The number of carbonyl (C=O) groups is 1. The highest BCUT2D eigenvalue weighted by Crippen LogP contribution is 2.40. The second kappa shape index (κ2) is 8.24. The van der Waals surface area contributed by atoms with Gasteiger partial charge < -0.3 is 4.90 Å². The molecule has 1 atom stereocenters. The van der Waals surface area contributed by atoms with Gasteiger partial charge in [-0.3, -0.25) is 4.79 Å². The maximum Gasteiger partial charge on any atom is 0.235 e. The van der Waals surface area contributed by atoms with Crippen LogP contribution in [0.4, 0.5) is 5.69 Å². The third kappa shape index (κ3) is 4.50. The smallest absolute Gasteiger partial charge is 0.235 e. The second-order valence-electron chi connectivity index (χ2n) is 11.1. The first kappa shape index (κ1) is 22.3. The average Bonchev–Trinajstić information content (AvgIpc) is 2.99. The summed E-state index contributed by atoms with van der Waals surface area (Å²) in [6, 6.07) is 25.5. The van der Waals surface area contributed by atoms with Gasteiger partial charge in [0, 0.05) is 5.69 Å². The molecule has 2 nitrogen and oxygen atoms in total. The van der Waals surface area contributed by atoms with Crippen LogP contribution in [-0.4, -0.2) is 5.91 Å². The quantitative estimate of drug-likeness (QED) is 0.434. The van der Waals surface area contributed by atoms with E-state index in [2.05, 4.69) is 84.0 Å². The minimum Gasteiger partial charge on any atom is -0.307 e.